The van der Waals surface area contributed by atoms with Crippen LogP contribution < -0.4 is 0 Å². The van der Waals surface area contributed by atoms with E-state index in [1.165, 1.54) is 28.9 Å². The molecule has 1 aromatic heterocycles. The molecule has 178 valence electrons. The van der Waals surface area contributed by atoms with Gasteiger partial charge in [0.25, 0.3) is 0 Å². The normalized spacial score (nSPS) is 12.1. The molecule has 34 heavy (non-hydrogen) atoms. The molecule has 0 saturated heterocycles. The van der Waals surface area contributed by atoms with Gasteiger partial charge in [-0.2, -0.15) is 18.3 Å². The number of nitrogens with zero attached hydrogens (tertiary/aromatic N) is 3. The molecule has 3 aromatic rings. The van der Waals surface area contributed by atoms with Gasteiger partial charge in [-0.25, -0.2) is 4.79 Å². The van der Waals surface area contributed by atoms with E-state index in [0.717, 1.165) is 17.7 Å². The molecule has 0 unspecified atom stereocenters. The van der Waals surface area contributed by atoms with Crippen LogP contribution in [-0.2, 0) is 19.6 Å². The first kappa shape index (κ1) is 25.4. The van der Waals surface area contributed by atoms with E-state index >= 15 is 0 Å². The van der Waals surface area contributed by atoms with Gasteiger partial charge in [0.2, 0.25) is 0 Å². The van der Waals surface area contributed by atoms with E-state index in [1.807, 2.05) is 0 Å². The third-order valence-corrected chi connectivity index (χ3v) is 5.59. The van der Waals surface area contributed by atoms with Gasteiger partial charge < -0.3 is 10.2 Å². The van der Waals surface area contributed by atoms with Crippen LogP contribution in [0.5, 0.6) is 5.75 Å². The van der Waals surface area contributed by atoms with Crippen molar-refractivity contribution >= 4 is 40.4 Å². The van der Waals surface area contributed by atoms with Gasteiger partial charge in [-0.15, -0.1) is 0 Å². The Kier molecular flexibility index (Phi) is 7.42. The second-order valence-electron chi connectivity index (χ2n) is 7.48. The van der Waals surface area contributed by atoms with Crippen molar-refractivity contribution in [2.75, 3.05) is 6.54 Å². The van der Waals surface area contributed by atoms with Crippen molar-refractivity contribution in [1.29, 1.82) is 0 Å². The van der Waals surface area contributed by atoms with E-state index in [4.69, 9.17) is 28.9 Å². The largest absolute Gasteiger partial charge is 0.504 e. The highest BCUT2D eigenvalue weighted by Gasteiger charge is 2.30. The van der Waals surface area contributed by atoms with Crippen LogP contribution >= 0.6 is 23.8 Å². The zero-order valence-electron chi connectivity index (χ0n) is 18.0. The summed E-state index contributed by atoms with van der Waals surface area (Å²) < 4.78 is 39.8. The maximum Gasteiger partial charge on any atom is 0.416 e. The average Bonchev–Trinajstić information content (AvgIpc) is 3.05. The fourth-order valence-corrected chi connectivity index (χ4v) is 3.82. The monoisotopic (exact) mass is 509 g/mol. The molecule has 11 heteroatoms. The van der Waals surface area contributed by atoms with Gasteiger partial charge in [0.15, 0.2) is 5.75 Å². The van der Waals surface area contributed by atoms with Gasteiger partial charge in [0.05, 0.1) is 28.4 Å². The number of carboxylic acids is 1. The minimum atomic E-state index is -4.45. The van der Waals surface area contributed by atoms with Crippen LogP contribution in [0.15, 0.2) is 47.5 Å². The predicted octanol–water partition coefficient (Wildman–Crippen LogP) is 5.58. The summed E-state index contributed by atoms with van der Waals surface area (Å²) in [5.41, 5.74) is 1.16. The second kappa shape index (κ2) is 9.94. The van der Waals surface area contributed by atoms with Crippen LogP contribution in [-0.4, -0.2) is 43.1 Å². The van der Waals surface area contributed by atoms with Crippen molar-refractivity contribution in [3.63, 3.8) is 0 Å². The molecular weight excluding hydrogens is 491 g/mol. The van der Waals surface area contributed by atoms with Gasteiger partial charge >= 0.3 is 12.1 Å². The first-order chi connectivity index (χ1) is 15.9. The van der Waals surface area contributed by atoms with Crippen molar-refractivity contribution in [2.24, 2.45) is 12.0 Å². The molecule has 0 aliphatic heterocycles. The number of aromatic carboxylic acids is 1. The number of aromatic hydroxyl groups is 1. The Morgan fingerprint density at radius 3 is 2.41 bits per heavy atom. The number of carboxylic acid groups (broad SMARTS) is 1. The molecule has 0 amide bonds. The minimum Gasteiger partial charge on any atom is -0.504 e. The molecule has 0 bridgehead atoms. The van der Waals surface area contributed by atoms with Gasteiger partial charge in [-0.05, 0) is 36.8 Å². The summed E-state index contributed by atoms with van der Waals surface area (Å²) in [4.78, 5) is 16.0. The third-order valence-electron chi connectivity index (χ3n) is 5.01. The molecular formula is C23H19ClF3N3O3S. The highest BCUT2D eigenvalue weighted by Crippen LogP contribution is 2.35. The van der Waals surface area contributed by atoms with Crippen LogP contribution in [0, 0.1) is 0 Å². The topological polar surface area (TPSA) is 87.7 Å². The van der Waals surface area contributed by atoms with Crippen LogP contribution in [0.1, 0.15) is 34.1 Å². The number of aromatic nitrogens is 2. The number of hydrogen-bond acceptors (Lipinski definition) is 5. The van der Waals surface area contributed by atoms with Crippen molar-refractivity contribution in [3.05, 3.63) is 69.9 Å². The molecule has 0 aliphatic rings. The van der Waals surface area contributed by atoms with Crippen molar-refractivity contribution in [1.82, 2.24) is 9.78 Å². The quantitative estimate of drug-likeness (QED) is 0.320. The molecule has 0 atom stereocenters. The number of benzene rings is 2. The first-order valence-corrected chi connectivity index (χ1v) is 10.7. The smallest absolute Gasteiger partial charge is 0.416 e. The van der Waals surface area contributed by atoms with E-state index in [2.05, 4.69) is 10.1 Å². The first-order valence-electron chi connectivity index (χ1n) is 9.87. The Balaban J connectivity index is 1.75. The van der Waals surface area contributed by atoms with E-state index in [-0.39, 0.29) is 34.3 Å². The summed E-state index contributed by atoms with van der Waals surface area (Å²) in [7, 11) is 1.57. The van der Waals surface area contributed by atoms with Crippen LogP contribution in [0.4, 0.5) is 13.2 Å². The standard InChI is InChI=1S/C23H19ClF3N3O3S/c1-12(28-11-16(34)9-13-3-8-17(22(32)33)18(24)10-13)19-21(31)20(30(2)29-19)14-4-6-15(7-5-14)23(25,26)27/h3-8,10,31H,9,11H2,1-2H3,(H,32,33). The lowest BCUT2D eigenvalue weighted by atomic mass is 10.1. The van der Waals surface area contributed by atoms with Crippen LogP contribution in [0.25, 0.3) is 11.3 Å². The van der Waals surface area contributed by atoms with Gasteiger partial charge in [-0.3, -0.25) is 9.67 Å². The van der Waals surface area contributed by atoms with Gasteiger partial charge in [0, 0.05) is 23.9 Å². The number of hydrogen-bond donors (Lipinski definition) is 2. The maximum absolute atomic E-state index is 12.8. The van der Waals surface area contributed by atoms with E-state index in [9.17, 15) is 23.1 Å². The van der Waals surface area contributed by atoms with E-state index in [1.54, 1.807) is 20.0 Å². The highest BCUT2D eigenvalue weighted by molar-refractivity contribution is 7.80. The van der Waals surface area contributed by atoms with E-state index < -0.39 is 17.7 Å². The number of thiocarbonyl (C=S) groups is 1. The number of aryl methyl sites for hydroxylation is 1. The molecule has 0 spiro atoms. The molecule has 0 fully saturated rings. The number of aliphatic imine (C=N–C) groups is 1. The number of alkyl halides is 3. The molecule has 0 aliphatic carbocycles. The van der Waals surface area contributed by atoms with E-state index in [0.29, 0.717) is 22.6 Å². The molecule has 0 saturated carbocycles. The summed E-state index contributed by atoms with van der Waals surface area (Å²) in [6.07, 6.45) is -4.11. The third kappa shape index (κ3) is 5.63. The molecule has 2 aromatic carbocycles. The minimum absolute atomic E-state index is 0.000298. The van der Waals surface area contributed by atoms with Crippen LogP contribution in [0.2, 0.25) is 5.02 Å². The predicted molar refractivity (Wildman–Crippen MR) is 127 cm³/mol. The second-order valence-corrected chi connectivity index (χ2v) is 8.47. The molecule has 2 N–H and O–H groups in total. The number of halogens is 4. The number of rotatable bonds is 7. The van der Waals surface area contributed by atoms with Gasteiger partial charge in [0.1, 0.15) is 11.4 Å². The SMILES string of the molecule is CC(=NCC(=S)Cc1ccc(C(=O)O)c(Cl)c1)c1nn(C)c(-c2ccc(C(F)(F)F)cc2)c1O. The van der Waals surface area contributed by atoms with Crippen LogP contribution in [0.3, 0.4) is 0 Å². The molecule has 0 radical (unpaired) electrons. The fraction of sp³-hybridized carbons (Fsp3) is 0.217. The summed E-state index contributed by atoms with van der Waals surface area (Å²) in [6.45, 7) is 1.78. The number of carbonyl (C=O) groups is 1. The van der Waals surface area contributed by atoms with Crippen molar-refractivity contribution in [3.8, 4) is 17.0 Å². The zero-order chi connectivity index (χ0) is 25.2. The summed E-state index contributed by atoms with van der Waals surface area (Å²) in [5.74, 6) is -1.32. The van der Waals surface area contributed by atoms with Crippen molar-refractivity contribution < 1.29 is 28.2 Å². The Morgan fingerprint density at radius 1 is 1.21 bits per heavy atom. The Morgan fingerprint density at radius 2 is 1.85 bits per heavy atom. The molecule has 3 rings (SSSR count). The Labute approximate surface area is 203 Å². The maximum atomic E-state index is 12.8. The molecule has 6 nitrogen and oxygen atoms in total. The van der Waals surface area contributed by atoms with Crippen molar-refractivity contribution in [2.45, 2.75) is 19.5 Å². The Bertz CT molecular complexity index is 1290. The zero-order valence-corrected chi connectivity index (χ0v) is 19.6. The summed E-state index contributed by atoms with van der Waals surface area (Å²) in [6, 6.07) is 8.99. The lowest BCUT2D eigenvalue weighted by Crippen LogP contribution is -2.08. The summed E-state index contributed by atoms with van der Waals surface area (Å²) in [5, 5.41) is 24.1. The Hall–Kier alpha value is -3.24. The lowest BCUT2D eigenvalue weighted by Gasteiger charge is -2.08. The molecule has 1 heterocycles. The lowest BCUT2D eigenvalue weighted by molar-refractivity contribution is -0.137. The van der Waals surface area contributed by atoms with Gasteiger partial charge in [-0.1, -0.05) is 42.0 Å². The highest BCUT2D eigenvalue weighted by atomic mass is 35.5. The average molecular weight is 510 g/mol. The summed E-state index contributed by atoms with van der Waals surface area (Å²) >= 11 is 11.4. The fourth-order valence-electron chi connectivity index (χ4n) is 3.30.